The van der Waals surface area contributed by atoms with Crippen LogP contribution in [0.3, 0.4) is 0 Å². The third-order valence-corrected chi connectivity index (χ3v) is 4.81. The molecule has 0 bridgehead atoms. The van der Waals surface area contributed by atoms with Crippen LogP contribution in [0.4, 0.5) is 4.79 Å². The highest BCUT2D eigenvalue weighted by Gasteiger charge is 2.27. The SMILES string of the molecule is CN=C(NCc1ccc(OCCCN(C)C)cc1)N1CCC(NC(=O)OC(C)(C)C)C1. The minimum absolute atomic E-state index is 0.0531. The maximum atomic E-state index is 12.0. The number of nitrogens with zero attached hydrogens (tertiary/aromatic N) is 3. The van der Waals surface area contributed by atoms with E-state index in [9.17, 15) is 4.79 Å². The molecule has 1 unspecified atom stereocenters. The number of rotatable bonds is 8. The molecule has 0 spiro atoms. The molecule has 174 valence electrons. The highest BCUT2D eigenvalue weighted by atomic mass is 16.6. The maximum Gasteiger partial charge on any atom is 0.407 e. The summed E-state index contributed by atoms with van der Waals surface area (Å²) in [6.45, 7) is 9.55. The van der Waals surface area contributed by atoms with Crippen LogP contribution < -0.4 is 15.4 Å². The molecule has 0 radical (unpaired) electrons. The highest BCUT2D eigenvalue weighted by Crippen LogP contribution is 2.14. The Hall–Kier alpha value is -2.48. The van der Waals surface area contributed by atoms with Crippen molar-refractivity contribution in [3.8, 4) is 5.75 Å². The Labute approximate surface area is 187 Å². The Bertz CT molecular complexity index is 713. The molecule has 8 heteroatoms. The van der Waals surface area contributed by atoms with Crippen LogP contribution in [-0.2, 0) is 11.3 Å². The predicted octanol–water partition coefficient (Wildman–Crippen LogP) is 2.69. The van der Waals surface area contributed by atoms with Gasteiger partial charge < -0.3 is 29.9 Å². The molecule has 0 saturated carbocycles. The fourth-order valence-corrected chi connectivity index (χ4v) is 3.33. The van der Waals surface area contributed by atoms with Crippen LogP contribution in [0.15, 0.2) is 29.3 Å². The van der Waals surface area contributed by atoms with E-state index in [2.05, 4.69) is 51.7 Å². The van der Waals surface area contributed by atoms with Crippen molar-refractivity contribution >= 4 is 12.1 Å². The number of carbonyl (C=O) groups is 1. The summed E-state index contributed by atoms with van der Waals surface area (Å²) in [7, 11) is 5.91. The number of amides is 1. The smallest absolute Gasteiger partial charge is 0.407 e. The molecule has 2 N–H and O–H groups in total. The molecule has 1 heterocycles. The zero-order valence-electron chi connectivity index (χ0n) is 19.9. The van der Waals surface area contributed by atoms with E-state index in [1.807, 2.05) is 32.9 Å². The van der Waals surface area contributed by atoms with Gasteiger partial charge in [0, 0.05) is 33.2 Å². The first kappa shape index (κ1) is 24.8. The molecule has 1 aliphatic heterocycles. The molecule has 0 aromatic heterocycles. The average Bonchev–Trinajstić information content (AvgIpc) is 3.13. The van der Waals surface area contributed by atoms with Crippen LogP contribution in [0, 0.1) is 0 Å². The first-order valence-corrected chi connectivity index (χ1v) is 11.0. The summed E-state index contributed by atoms with van der Waals surface area (Å²) in [5.74, 6) is 1.72. The lowest BCUT2D eigenvalue weighted by atomic mass is 10.2. The summed E-state index contributed by atoms with van der Waals surface area (Å²) < 4.78 is 11.1. The van der Waals surface area contributed by atoms with Gasteiger partial charge in [0.25, 0.3) is 0 Å². The largest absolute Gasteiger partial charge is 0.494 e. The molecule has 8 nitrogen and oxygen atoms in total. The molecule has 1 aromatic carbocycles. The molecule has 31 heavy (non-hydrogen) atoms. The summed E-state index contributed by atoms with van der Waals surface area (Å²) in [5, 5.41) is 6.36. The molecule has 2 rings (SSSR count). The Kier molecular flexibility index (Phi) is 9.43. The first-order chi connectivity index (χ1) is 14.7. The van der Waals surface area contributed by atoms with E-state index in [4.69, 9.17) is 9.47 Å². The van der Waals surface area contributed by atoms with Crippen molar-refractivity contribution in [1.29, 1.82) is 0 Å². The molecule has 0 aliphatic carbocycles. The lowest BCUT2D eigenvalue weighted by Gasteiger charge is -2.23. The zero-order valence-corrected chi connectivity index (χ0v) is 19.9. The van der Waals surface area contributed by atoms with Gasteiger partial charge in [-0.15, -0.1) is 0 Å². The van der Waals surface area contributed by atoms with Crippen LogP contribution in [0.25, 0.3) is 0 Å². The van der Waals surface area contributed by atoms with Crippen LogP contribution >= 0.6 is 0 Å². The van der Waals surface area contributed by atoms with Gasteiger partial charge in [-0.05, 0) is 65.4 Å². The molecule has 1 aliphatic rings. The normalized spacial score (nSPS) is 17.1. The van der Waals surface area contributed by atoms with Crippen LogP contribution in [0.2, 0.25) is 0 Å². The Morgan fingerprint density at radius 1 is 1.26 bits per heavy atom. The lowest BCUT2D eigenvalue weighted by molar-refractivity contribution is 0.0507. The van der Waals surface area contributed by atoms with Gasteiger partial charge >= 0.3 is 6.09 Å². The number of hydrogen-bond donors (Lipinski definition) is 2. The van der Waals surface area contributed by atoms with Gasteiger partial charge in [0.2, 0.25) is 0 Å². The van der Waals surface area contributed by atoms with E-state index >= 15 is 0 Å². The Morgan fingerprint density at radius 3 is 2.58 bits per heavy atom. The second kappa shape index (κ2) is 11.8. The van der Waals surface area contributed by atoms with Crippen molar-refractivity contribution in [2.45, 2.75) is 51.8 Å². The topological polar surface area (TPSA) is 78.4 Å². The highest BCUT2D eigenvalue weighted by molar-refractivity contribution is 5.80. The maximum absolute atomic E-state index is 12.0. The number of alkyl carbamates (subject to hydrolysis) is 1. The van der Waals surface area contributed by atoms with Crippen molar-refractivity contribution in [2.24, 2.45) is 4.99 Å². The minimum atomic E-state index is -0.493. The van der Waals surface area contributed by atoms with Crippen molar-refractivity contribution in [3.05, 3.63) is 29.8 Å². The molecule has 1 fully saturated rings. The monoisotopic (exact) mass is 433 g/mol. The zero-order chi connectivity index (χ0) is 22.9. The minimum Gasteiger partial charge on any atom is -0.494 e. The van der Waals surface area contributed by atoms with E-state index in [-0.39, 0.29) is 12.1 Å². The number of benzene rings is 1. The second-order valence-corrected chi connectivity index (χ2v) is 9.13. The number of guanidine groups is 1. The van der Waals surface area contributed by atoms with Gasteiger partial charge in [-0.2, -0.15) is 0 Å². The number of nitrogens with one attached hydrogen (secondary N) is 2. The molecule has 1 aromatic rings. The molecular formula is C23H39N5O3. The average molecular weight is 434 g/mol. The lowest BCUT2D eigenvalue weighted by Crippen LogP contribution is -2.44. The van der Waals surface area contributed by atoms with Crippen molar-refractivity contribution in [3.63, 3.8) is 0 Å². The molecule has 1 amide bonds. The van der Waals surface area contributed by atoms with Gasteiger partial charge in [0.1, 0.15) is 11.4 Å². The third kappa shape index (κ3) is 9.46. The van der Waals surface area contributed by atoms with Crippen molar-refractivity contribution in [1.82, 2.24) is 20.4 Å². The summed E-state index contributed by atoms with van der Waals surface area (Å²) in [5.41, 5.74) is 0.664. The molecule has 1 atom stereocenters. The number of carbonyl (C=O) groups excluding carboxylic acids is 1. The number of hydrogen-bond acceptors (Lipinski definition) is 5. The predicted molar refractivity (Wildman–Crippen MR) is 125 cm³/mol. The van der Waals surface area contributed by atoms with Gasteiger partial charge in [-0.25, -0.2) is 4.79 Å². The van der Waals surface area contributed by atoms with E-state index in [1.165, 1.54) is 0 Å². The number of ether oxygens (including phenoxy) is 2. The first-order valence-electron chi connectivity index (χ1n) is 11.0. The van der Waals surface area contributed by atoms with Crippen molar-refractivity contribution in [2.75, 3.05) is 47.4 Å². The van der Waals surface area contributed by atoms with E-state index in [0.29, 0.717) is 13.1 Å². The van der Waals surface area contributed by atoms with Gasteiger partial charge in [-0.3, -0.25) is 4.99 Å². The summed E-state index contributed by atoms with van der Waals surface area (Å²) in [6.07, 6.45) is 1.50. The fourth-order valence-electron chi connectivity index (χ4n) is 3.33. The molecular weight excluding hydrogens is 394 g/mol. The van der Waals surface area contributed by atoms with Gasteiger partial charge in [0.15, 0.2) is 5.96 Å². The number of aliphatic imine (C=N–C) groups is 1. The van der Waals surface area contributed by atoms with Crippen molar-refractivity contribution < 1.29 is 14.3 Å². The number of likely N-dealkylation sites (tertiary alicyclic amines) is 1. The summed E-state index contributed by atoms with van der Waals surface area (Å²) in [6, 6.07) is 8.20. The van der Waals surface area contributed by atoms with E-state index in [0.717, 1.165) is 49.8 Å². The third-order valence-electron chi connectivity index (χ3n) is 4.81. The summed E-state index contributed by atoms with van der Waals surface area (Å²) >= 11 is 0. The van der Waals surface area contributed by atoms with E-state index < -0.39 is 5.60 Å². The Balaban J connectivity index is 1.75. The second-order valence-electron chi connectivity index (χ2n) is 9.13. The van der Waals surface area contributed by atoms with Crippen LogP contribution in [-0.4, -0.2) is 80.9 Å². The summed E-state index contributed by atoms with van der Waals surface area (Å²) in [4.78, 5) is 20.7. The molecule has 1 saturated heterocycles. The van der Waals surface area contributed by atoms with Crippen LogP contribution in [0.5, 0.6) is 5.75 Å². The van der Waals surface area contributed by atoms with Gasteiger partial charge in [0.05, 0.1) is 12.6 Å². The van der Waals surface area contributed by atoms with E-state index in [1.54, 1.807) is 7.05 Å². The Morgan fingerprint density at radius 2 is 1.97 bits per heavy atom. The van der Waals surface area contributed by atoms with Crippen LogP contribution in [0.1, 0.15) is 39.2 Å². The fraction of sp³-hybridized carbons (Fsp3) is 0.652. The van der Waals surface area contributed by atoms with Gasteiger partial charge in [-0.1, -0.05) is 12.1 Å². The quantitative estimate of drug-likeness (QED) is 0.373. The standard InChI is InChI=1S/C23H39N5O3/c1-23(2,3)31-22(29)26-19-12-14-28(17-19)21(24-4)25-16-18-8-10-20(11-9-18)30-15-7-13-27(5)6/h8-11,19H,7,12-17H2,1-6H3,(H,24,25)(H,26,29).